The van der Waals surface area contributed by atoms with Gasteiger partial charge in [-0.1, -0.05) is 24.3 Å². The third kappa shape index (κ3) is 5.68. The van der Waals surface area contributed by atoms with Crippen LogP contribution in [-0.2, 0) is 18.3 Å². The Morgan fingerprint density at radius 1 is 1.00 bits per heavy atom. The molecule has 1 amide bonds. The van der Waals surface area contributed by atoms with Gasteiger partial charge >= 0.3 is 63.5 Å². The van der Waals surface area contributed by atoms with E-state index in [9.17, 15) is 27.2 Å². The van der Waals surface area contributed by atoms with Gasteiger partial charge in [-0.15, -0.1) is 0 Å². The molecule has 0 saturated heterocycles. The van der Waals surface area contributed by atoms with Crippen LogP contribution in [0.5, 0.6) is 0 Å². The van der Waals surface area contributed by atoms with Gasteiger partial charge in [-0.2, -0.15) is 13.2 Å². The first-order valence-corrected chi connectivity index (χ1v) is 11.2. The van der Waals surface area contributed by atoms with E-state index in [0.717, 1.165) is 23.8 Å². The van der Waals surface area contributed by atoms with Gasteiger partial charge in [-0.3, -0.25) is 4.79 Å². The summed E-state index contributed by atoms with van der Waals surface area (Å²) in [4.78, 5) is 24.5. The summed E-state index contributed by atoms with van der Waals surface area (Å²) in [5, 5.41) is 12.6. The van der Waals surface area contributed by atoms with E-state index < -0.39 is 35.0 Å². The zero-order chi connectivity index (χ0) is 25.7. The van der Waals surface area contributed by atoms with Crippen LogP contribution < -0.4 is 56.7 Å². The van der Waals surface area contributed by atoms with Gasteiger partial charge in [0.1, 0.15) is 5.82 Å². The number of carbonyl (C=O) groups is 2. The molecule has 10 heteroatoms. The van der Waals surface area contributed by atoms with E-state index in [1.54, 1.807) is 29.0 Å². The second-order valence-corrected chi connectivity index (χ2v) is 8.95. The maximum atomic E-state index is 14.4. The number of nitrogens with one attached hydrogen (secondary N) is 1. The van der Waals surface area contributed by atoms with E-state index in [4.69, 9.17) is 5.11 Å². The van der Waals surface area contributed by atoms with Crippen molar-refractivity contribution in [3.05, 3.63) is 107 Å². The van der Waals surface area contributed by atoms with Crippen molar-refractivity contribution < 1.29 is 85.1 Å². The molecular formula is C27H21F4KN2O3. The molecule has 37 heavy (non-hydrogen) atoms. The van der Waals surface area contributed by atoms with Gasteiger partial charge in [-0.25, -0.2) is 9.18 Å². The van der Waals surface area contributed by atoms with Crippen LogP contribution in [0, 0.1) is 5.82 Å². The number of carbonyl (C=O) groups excluding carboxylic acids is 1. The number of amides is 1. The van der Waals surface area contributed by atoms with E-state index in [2.05, 4.69) is 5.32 Å². The van der Waals surface area contributed by atoms with Gasteiger partial charge in [0.05, 0.1) is 27.7 Å². The van der Waals surface area contributed by atoms with Gasteiger partial charge in [0.25, 0.3) is 5.91 Å². The van der Waals surface area contributed by atoms with Crippen LogP contribution in [0.2, 0.25) is 0 Å². The molecule has 0 bridgehead atoms. The van der Waals surface area contributed by atoms with Crippen molar-refractivity contribution in [2.24, 2.45) is 0 Å². The van der Waals surface area contributed by atoms with Gasteiger partial charge in [-0.05, 0) is 66.4 Å². The minimum absolute atomic E-state index is 0. The van der Waals surface area contributed by atoms with Crippen molar-refractivity contribution in [1.29, 1.82) is 0 Å². The summed E-state index contributed by atoms with van der Waals surface area (Å²) in [5.74, 6) is -2.13. The van der Waals surface area contributed by atoms with Gasteiger partial charge in [0, 0.05) is 18.1 Å². The van der Waals surface area contributed by atoms with E-state index in [-0.39, 0.29) is 70.5 Å². The van der Waals surface area contributed by atoms with Crippen LogP contribution in [0.1, 0.15) is 51.7 Å². The summed E-state index contributed by atoms with van der Waals surface area (Å²) in [6, 6.07) is 15.1. The Balaban J connectivity index is 0.00000200. The zero-order valence-electron chi connectivity index (χ0n) is 20.8. The molecule has 0 atom stereocenters. The Morgan fingerprint density at radius 2 is 1.65 bits per heavy atom. The minimum Gasteiger partial charge on any atom is -1.00 e. The quantitative estimate of drug-likeness (QED) is 0.294. The Bertz CT molecular complexity index is 1480. The molecule has 1 aromatic heterocycles. The summed E-state index contributed by atoms with van der Waals surface area (Å²) in [6.07, 6.45) is -1.48. The Kier molecular flexibility index (Phi) is 7.69. The predicted octanol–water partition coefficient (Wildman–Crippen LogP) is 3.08. The molecule has 3 aromatic carbocycles. The van der Waals surface area contributed by atoms with Gasteiger partial charge in [0.2, 0.25) is 0 Å². The molecule has 5 rings (SSSR count). The molecule has 2 N–H and O–H groups in total. The monoisotopic (exact) mass is 536 g/mol. The Labute approximate surface area is 253 Å². The van der Waals surface area contributed by atoms with Crippen LogP contribution in [0.25, 0.3) is 10.9 Å². The molecule has 1 aliphatic rings. The van der Waals surface area contributed by atoms with Gasteiger partial charge < -0.3 is 16.4 Å². The number of halogens is 4. The Hall–Kier alpha value is -2.50. The van der Waals surface area contributed by atoms with Crippen molar-refractivity contribution in [1.82, 2.24) is 9.88 Å². The van der Waals surface area contributed by atoms with Crippen molar-refractivity contribution in [3.63, 3.8) is 0 Å². The van der Waals surface area contributed by atoms with Crippen LogP contribution in [0.15, 0.2) is 72.9 Å². The smallest absolute Gasteiger partial charge is 1.00 e. The summed E-state index contributed by atoms with van der Waals surface area (Å²) in [7, 11) is 0. The largest absolute Gasteiger partial charge is 1.00 e. The second-order valence-electron chi connectivity index (χ2n) is 8.95. The number of aromatic carboxylic acids is 1. The van der Waals surface area contributed by atoms with Crippen LogP contribution >= 0.6 is 0 Å². The molecule has 186 valence electrons. The summed E-state index contributed by atoms with van der Waals surface area (Å²) >= 11 is 0. The van der Waals surface area contributed by atoms with E-state index in [0.29, 0.717) is 29.3 Å². The maximum absolute atomic E-state index is 14.4. The zero-order valence-corrected chi connectivity index (χ0v) is 22.9. The number of aromatic nitrogens is 1. The maximum Gasteiger partial charge on any atom is 1.00 e. The molecule has 1 aliphatic carbocycles. The second kappa shape index (κ2) is 10.3. The fourth-order valence-corrected chi connectivity index (χ4v) is 4.44. The summed E-state index contributed by atoms with van der Waals surface area (Å²) in [6.45, 7) is 0.190. The SMILES string of the molecule is O=C(O)c1ccc(C2(NC(=O)c3cc(F)cc4ccn(Cc5ccc(C(F)(F)F)cc5)c34)CC2)cc1.[H-].[K+]. The molecule has 0 spiro atoms. The summed E-state index contributed by atoms with van der Waals surface area (Å²) in [5.41, 5.74) is 0.631. The normalized spacial score (nSPS) is 14.2. The van der Waals surface area contributed by atoms with Crippen molar-refractivity contribution >= 4 is 22.8 Å². The average Bonchev–Trinajstić information content (AvgIpc) is 3.51. The number of hydrogen-bond acceptors (Lipinski definition) is 2. The number of fused-ring (bicyclic) bond motifs is 1. The molecular weight excluding hydrogens is 515 g/mol. The standard InChI is InChI=1S/C27H20F4N2O3.K.H/c28-21-13-18-9-12-33(15-16-1-5-20(6-2-16)27(29,30)31)23(18)22(14-21)24(34)32-26(10-11-26)19-7-3-17(4-8-19)25(35)36;;/h1-9,12-14H,10-11,15H2,(H,32,34)(H,35,36);;/q;+1;-1. The number of carboxylic acids is 1. The molecule has 1 fully saturated rings. The number of hydrogen-bond donors (Lipinski definition) is 2. The number of alkyl halides is 3. The molecule has 0 unspecified atom stereocenters. The van der Waals surface area contributed by atoms with E-state index >= 15 is 0 Å². The third-order valence-corrected chi connectivity index (χ3v) is 6.49. The predicted molar refractivity (Wildman–Crippen MR) is 125 cm³/mol. The van der Waals surface area contributed by atoms with Crippen LogP contribution in [0.4, 0.5) is 17.6 Å². The van der Waals surface area contributed by atoms with E-state index in [1.165, 1.54) is 30.3 Å². The number of benzene rings is 3. The van der Waals surface area contributed by atoms with Crippen LogP contribution in [0.3, 0.4) is 0 Å². The minimum atomic E-state index is -4.44. The topological polar surface area (TPSA) is 71.3 Å². The molecule has 4 aromatic rings. The Morgan fingerprint density at radius 3 is 2.22 bits per heavy atom. The number of nitrogens with zero attached hydrogens (tertiary/aromatic N) is 1. The van der Waals surface area contributed by atoms with E-state index in [1.807, 2.05) is 0 Å². The van der Waals surface area contributed by atoms with Crippen molar-refractivity contribution in [2.75, 3.05) is 0 Å². The first-order chi connectivity index (χ1) is 17.1. The number of carboxylic acid groups (broad SMARTS) is 1. The molecule has 1 saturated carbocycles. The third-order valence-electron chi connectivity index (χ3n) is 6.49. The van der Waals surface area contributed by atoms with Crippen LogP contribution in [-0.4, -0.2) is 21.6 Å². The van der Waals surface area contributed by atoms with Crippen molar-refractivity contribution in [3.8, 4) is 0 Å². The number of rotatable bonds is 6. The van der Waals surface area contributed by atoms with Crippen molar-refractivity contribution in [2.45, 2.75) is 31.1 Å². The first-order valence-electron chi connectivity index (χ1n) is 11.2. The molecule has 0 aliphatic heterocycles. The van der Waals surface area contributed by atoms with Gasteiger partial charge in [0.15, 0.2) is 0 Å². The fourth-order valence-electron chi connectivity index (χ4n) is 4.44. The summed E-state index contributed by atoms with van der Waals surface area (Å²) < 4.78 is 54.8. The average molecular weight is 537 g/mol. The molecule has 0 radical (unpaired) electrons. The molecule has 1 heterocycles. The fraction of sp³-hybridized carbons (Fsp3) is 0.185. The molecule has 5 nitrogen and oxygen atoms in total. The first kappa shape index (κ1) is 27.5.